The first-order valence-electron chi connectivity index (χ1n) is 2.77. The van der Waals surface area contributed by atoms with Crippen molar-refractivity contribution in [3.63, 3.8) is 0 Å². The van der Waals surface area contributed by atoms with Crippen molar-refractivity contribution >= 4 is 18.7 Å². The van der Waals surface area contributed by atoms with E-state index in [0.29, 0.717) is 11.4 Å². The van der Waals surface area contributed by atoms with Gasteiger partial charge in [-0.25, -0.2) is 0 Å². The number of aromatic amines is 2. The summed E-state index contributed by atoms with van der Waals surface area (Å²) < 4.78 is 0. The molecule has 9 heteroatoms. The van der Waals surface area contributed by atoms with E-state index in [-0.39, 0.29) is 0 Å². The molecule has 0 saturated heterocycles. The summed E-state index contributed by atoms with van der Waals surface area (Å²) in [6.45, 7) is 0. The Kier molecular flexibility index (Phi) is 1.32. The van der Waals surface area contributed by atoms with Crippen LogP contribution in [0.15, 0.2) is 0 Å². The Bertz CT molecular complexity index is 264. The van der Waals surface area contributed by atoms with E-state index >= 15 is 0 Å². The standard InChI is InChI=1S/C2H2BN8/c3(1-4-8-9-5-1)2-6-10-11-7-2/h(H,4,5,8,9)(H,6,7,10,11). The van der Waals surface area contributed by atoms with Gasteiger partial charge < -0.3 is 0 Å². The van der Waals surface area contributed by atoms with Crippen molar-refractivity contribution in [1.29, 1.82) is 0 Å². The van der Waals surface area contributed by atoms with Crippen molar-refractivity contribution in [1.82, 2.24) is 41.2 Å². The summed E-state index contributed by atoms with van der Waals surface area (Å²) in [4.78, 5) is 0. The van der Waals surface area contributed by atoms with Crippen molar-refractivity contribution in [2.75, 3.05) is 0 Å². The van der Waals surface area contributed by atoms with Gasteiger partial charge in [-0.15, -0.1) is 10.2 Å². The lowest BCUT2D eigenvalue weighted by Crippen LogP contribution is -2.33. The molecule has 0 fully saturated rings. The van der Waals surface area contributed by atoms with Gasteiger partial charge in [0.2, 0.25) is 0 Å². The lowest BCUT2D eigenvalue weighted by molar-refractivity contribution is 0.881. The third-order valence-corrected chi connectivity index (χ3v) is 0.982. The van der Waals surface area contributed by atoms with Crippen LogP contribution in [0.3, 0.4) is 0 Å². The van der Waals surface area contributed by atoms with Gasteiger partial charge in [-0.1, -0.05) is 10.4 Å². The van der Waals surface area contributed by atoms with E-state index in [1.54, 1.807) is 0 Å². The number of aromatic nitrogens is 8. The Labute approximate surface area is 61.0 Å². The molecule has 53 valence electrons. The lowest BCUT2D eigenvalue weighted by Gasteiger charge is -1.79. The highest BCUT2D eigenvalue weighted by atomic mass is 15.5. The van der Waals surface area contributed by atoms with Gasteiger partial charge in [-0.2, -0.15) is 20.6 Å². The Morgan fingerprint density at radius 1 is 0.909 bits per heavy atom. The van der Waals surface area contributed by atoms with E-state index in [9.17, 15) is 0 Å². The van der Waals surface area contributed by atoms with Gasteiger partial charge in [0.1, 0.15) is 11.4 Å². The molecule has 0 atom stereocenters. The third kappa shape index (κ3) is 1.20. The SMILES string of the molecule is [B](c1nn[nH]n1)c1nn[nH]n1. The summed E-state index contributed by atoms with van der Waals surface area (Å²) in [5, 5.41) is 26.0. The fraction of sp³-hybridized carbons (Fsp3) is 0. The minimum absolute atomic E-state index is 0.423. The Hall–Kier alpha value is -1.80. The highest BCUT2D eigenvalue weighted by Crippen LogP contribution is 1.56. The first kappa shape index (κ1) is 5.95. The maximum atomic E-state index is 3.67. The smallest absolute Gasteiger partial charge is 0.178 e. The molecule has 2 aromatic rings. The molecule has 2 rings (SSSR count). The van der Waals surface area contributed by atoms with E-state index in [4.69, 9.17) is 0 Å². The largest absolute Gasteiger partial charge is 0.305 e. The van der Waals surface area contributed by atoms with Gasteiger partial charge in [0.05, 0.1) is 0 Å². The highest BCUT2D eigenvalue weighted by Gasteiger charge is 2.06. The monoisotopic (exact) mass is 149 g/mol. The number of nitrogens with one attached hydrogen (secondary N) is 2. The molecule has 0 aliphatic heterocycles. The number of hydrogen-bond acceptors (Lipinski definition) is 6. The fourth-order valence-corrected chi connectivity index (χ4v) is 0.577. The predicted molar refractivity (Wildman–Crippen MR) is 33.4 cm³/mol. The number of hydrogen-bond donors (Lipinski definition) is 2. The predicted octanol–water partition coefficient (Wildman–Crippen LogP) is -3.63. The number of rotatable bonds is 2. The molecule has 0 aliphatic carbocycles. The zero-order chi connectivity index (χ0) is 7.52. The second kappa shape index (κ2) is 2.44. The van der Waals surface area contributed by atoms with Crippen LogP contribution < -0.4 is 11.4 Å². The molecule has 2 aromatic heterocycles. The second-order valence-corrected chi connectivity index (χ2v) is 1.68. The average Bonchev–Trinajstić information content (AvgIpc) is 2.60. The molecule has 2 N–H and O–H groups in total. The van der Waals surface area contributed by atoms with E-state index < -0.39 is 0 Å². The van der Waals surface area contributed by atoms with Crippen LogP contribution in [0.1, 0.15) is 0 Å². The number of nitrogens with zero attached hydrogens (tertiary/aromatic N) is 6. The van der Waals surface area contributed by atoms with Crippen LogP contribution in [0.2, 0.25) is 0 Å². The summed E-state index contributed by atoms with van der Waals surface area (Å²) in [5.41, 5.74) is 0.845. The van der Waals surface area contributed by atoms with Crippen LogP contribution in [0.5, 0.6) is 0 Å². The molecule has 0 amide bonds. The van der Waals surface area contributed by atoms with Crippen LogP contribution in [0.4, 0.5) is 0 Å². The zero-order valence-electron chi connectivity index (χ0n) is 5.26. The van der Waals surface area contributed by atoms with Crippen molar-refractivity contribution in [2.45, 2.75) is 0 Å². The maximum absolute atomic E-state index is 3.67. The first-order chi connectivity index (χ1) is 5.45. The quantitative estimate of drug-likeness (QED) is 0.426. The molecule has 0 aliphatic rings. The summed E-state index contributed by atoms with van der Waals surface area (Å²) >= 11 is 0. The zero-order valence-corrected chi connectivity index (χ0v) is 5.26. The molecule has 11 heavy (non-hydrogen) atoms. The molecular formula is C2H2BN8. The van der Waals surface area contributed by atoms with Crippen LogP contribution in [-0.2, 0) is 0 Å². The molecule has 0 saturated carbocycles. The van der Waals surface area contributed by atoms with Gasteiger partial charge in [-0.05, 0) is 0 Å². The Balaban J connectivity index is 2.14. The van der Waals surface area contributed by atoms with Crippen molar-refractivity contribution in [2.24, 2.45) is 0 Å². The molecular weight excluding hydrogens is 147 g/mol. The first-order valence-corrected chi connectivity index (χ1v) is 2.77. The summed E-state index contributed by atoms with van der Waals surface area (Å²) in [6.07, 6.45) is 0. The molecule has 0 bridgehead atoms. The maximum Gasteiger partial charge on any atom is 0.305 e. The van der Waals surface area contributed by atoms with Crippen molar-refractivity contribution in [3.8, 4) is 0 Å². The Morgan fingerprint density at radius 3 is 1.82 bits per heavy atom. The number of tetrazole rings is 2. The molecule has 0 unspecified atom stereocenters. The molecule has 1 radical (unpaired) electrons. The fourth-order valence-electron chi connectivity index (χ4n) is 0.577. The van der Waals surface area contributed by atoms with Crippen molar-refractivity contribution < 1.29 is 0 Å². The Morgan fingerprint density at radius 2 is 1.45 bits per heavy atom. The van der Waals surface area contributed by atoms with Gasteiger partial charge in [0.25, 0.3) is 0 Å². The third-order valence-electron chi connectivity index (χ3n) is 0.982. The van der Waals surface area contributed by atoms with E-state index in [2.05, 4.69) is 41.2 Å². The van der Waals surface area contributed by atoms with Gasteiger partial charge >= 0.3 is 7.28 Å². The van der Waals surface area contributed by atoms with E-state index in [1.165, 1.54) is 7.28 Å². The highest BCUT2D eigenvalue weighted by molar-refractivity contribution is 6.63. The molecule has 0 aromatic carbocycles. The van der Waals surface area contributed by atoms with E-state index in [0.717, 1.165) is 0 Å². The topological polar surface area (TPSA) is 109 Å². The summed E-state index contributed by atoms with van der Waals surface area (Å²) in [5.74, 6) is 0. The van der Waals surface area contributed by atoms with E-state index in [1.807, 2.05) is 0 Å². The van der Waals surface area contributed by atoms with Crippen LogP contribution in [-0.4, -0.2) is 48.5 Å². The van der Waals surface area contributed by atoms with Crippen LogP contribution in [0, 0.1) is 0 Å². The van der Waals surface area contributed by atoms with Crippen LogP contribution >= 0.6 is 0 Å². The van der Waals surface area contributed by atoms with Crippen LogP contribution in [0.25, 0.3) is 0 Å². The minimum atomic E-state index is 0.423. The summed E-state index contributed by atoms with van der Waals surface area (Å²) in [6, 6.07) is 0. The molecule has 0 spiro atoms. The molecule has 2 heterocycles. The van der Waals surface area contributed by atoms with Gasteiger partial charge in [0.15, 0.2) is 0 Å². The van der Waals surface area contributed by atoms with Crippen molar-refractivity contribution in [3.05, 3.63) is 0 Å². The number of H-pyrrole nitrogens is 2. The second-order valence-electron chi connectivity index (χ2n) is 1.68. The normalized spacial score (nSPS) is 9.82. The average molecular weight is 149 g/mol. The minimum Gasteiger partial charge on any atom is -0.178 e. The molecule has 8 nitrogen and oxygen atoms in total. The van der Waals surface area contributed by atoms with Gasteiger partial charge in [0, 0.05) is 0 Å². The lowest BCUT2D eigenvalue weighted by atomic mass is 9.77. The van der Waals surface area contributed by atoms with Gasteiger partial charge in [-0.3, -0.25) is 0 Å². The summed E-state index contributed by atoms with van der Waals surface area (Å²) in [7, 11) is 1.53.